The van der Waals surface area contributed by atoms with E-state index in [2.05, 4.69) is 21.0 Å². The van der Waals surface area contributed by atoms with Gasteiger partial charge in [0.2, 0.25) is 0 Å². The molecule has 0 spiro atoms. The summed E-state index contributed by atoms with van der Waals surface area (Å²) >= 11 is 0. The van der Waals surface area contributed by atoms with E-state index in [0.717, 1.165) is 22.4 Å². The summed E-state index contributed by atoms with van der Waals surface area (Å²) < 4.78 is 4.71. The third-order valence-corrected chi connectivity index (χ3v) is 6.99. The predicted octanol–water partition coefficient (Wildman–Crippen LogP) is 3.59. The van der Waals surface area contributed by atoms with Gasteiger partial charge < -0.3 is 25.6 Å². The number of hydrogen-bond donors (Lipinski definition) is 5. The van der Waals surface area contributed by atoms with Crippen molar-refractivity contribution in [3.8, 4) is 11.3 Å². The summed E-state index contributed by atoms with van der Waals surface area (Å²) in [4.78, 5) is 41.4. The third-order valence-electron chi connectivity index (χ3n) is 6.99. The van der Waals surface area contributed by atoms with Crippen LogP contribution in [0.2, 0.25) is 0 Å². The molecule has 1 heterocycles. The maximum Gasteiger partial charge on any atom is 0.407 e. The quantitative estimate of drug-likeness (QED) is 0.182. The minimum Gasteiger partial charge on any atom is -0.465 e. The molecule has 1 aromatic heterocycles. The zero-order chi connectivity index (χ0) is 30.5. The number of benzene rings is 2. The Bertz CT molecular complexity index is 1280. The molecule has 0 bridgehead atoms. The van der Waals surface area contributed by atoms with Crippen molar-refractivity contribution in [2.24, 2.45) is 5.92 Å². The van der Waals surface area contributed by atoms with Crippen LogP contribution in [0.3, 0.4) is 0 Å². The minimum absolute atomic E-state index is 0.100. The van der Waals surface area contributed by atoms with Crippen LogP contribution in [-0.4, -0.2) is 70.1 Å². The number of carbonyl (C=O) groups excluding carboxylic acids is 2. The van der Waals surface area contributed by atoms with Crippen molar-refractivity contribution in [2.75, 3.05) is 13.7 Å². The van der Waals surface area contributed by atoms with Crippen molar-refractivity contribution in [3.63, 3.8) is 0 Å². The Morgan fingerprint density at radius 2 is 1.64 bits per heavy atom. The molecule has 42 heavy (non-hydrogen) atoms. The fraction of sp³-hybridized carbons (Fsp3) is 0.355. The molecule has 11 nitrogen and oxygen atoms in total. The number of hydrogen-bond acceptors (Lipinski definition) is 7. The molecule has 0 aliphatic heterocycles. The van der Waals surface area contributed by atoms with Crippen LogP contribution >= 0.6 is 0 Å². The molecule has 3 rings (SSSR count). The van der Waals surface area contributed by atoms with E-state index in [-0.39, 0.29) is 25.4 Å². The van der Waals surface area contributed by atoms with Crippen molar-refractivity contribution in [3.05, 3.63) is 90.1 Å². The molecule has 0 aliphatic carbocycles. The Kier molecular flexibility index (Phi) is 12.3. The number of pyridine rings is 1. The minimum atomic E-state index is -1.27. The molecule has 0 aliphatic rings. The molecule has 3 aromatic rings. The van der Waals surface area contributed by atoms with E-state index in [1.54, 1.807) is 6.20 Å². The third kappa shape index (κ3) is 9.86. The first-order valence-corrected chi connectivity index (χ1v) is 13.8. The number of hydrazine groups is 1. The second-order valence-electron chi connectivity index (χ2n) is 10.1. The van der Waals surface area contributed by atoms with Crippen LogP contribution in [0.15, 0.2) is 79.0 Å². The van der Waals surface area contributed by atoms with Gasteiger partial charge in [-0.25, -0.2) is 14.6 Å². The van der Waals surface area contributed by atoms with E-state index < -0.39 is 36.3 Å². The smallest absolute Gasteiger partial charge is 0.407 e. The van der Waals surface area contributed by atoms with Gasteiger partial charge in [-0.05, 0) is 35.6 Å². The van der Waals surface area contributed by atoms with E-state index in [9.17, 15) is 24.6 Å². The summed E-state index contributed by atoms with van der Waals surface area (Å²) in [6, 6.07) is 20.7. The number of nitrogens with one attached hydrogen (secondary N) is 3. The summed E-state index contributed by atoms with van der Waals surface area (Å²) in [7, 11) is 1.22. The topological polar surface area (TPSA) is 153 Å². The summed E-state index contributed by atoms with van der Waals surface area (Å²) in [6.07, 6.45) is -0.620. The average molecular weight is 578 g/mol. The Hall–Kier alpha value is -4.48. The van der Waals surface area contributed by atoms with Crippen LogP contribution in [0.4, 0.5) is 9.59 Å². The maximum atomic E-state index is 13.4. The van der Waals surface area contributed by atoms with Gasteiger partial charge in [0.05, 0.1) is 24.9 Å². The number of aromatic nitrogens is 1. The predicted molar refractivity (Wildman–Crippen MR) is 158 cm³/mol. The van der Waals surface area contributed by atoms with Crippen molar-refractivity contribution < 1.29 is 29.3 Å². The molecule has 3 amide bonds. The first-order valence-electron chi connectivity index (χ1n) is 13.8. The fourth-order valence-corrected chi connectivity index (χ4v) is 4.46. The Morgan fingerprint density at radius 3 is 2.24 bits per heavy atom. The highest BCUT2D eigenvalue weighted by molar-refractivity contribution is 5.85. The van der Waals surface area contributed by atoms with Gasteiger partial charge in [-0.2, -0.15) is 0 Å². The highest BCUT2D eigenvalue weighted by atomic mass is 16.5. The standard InChI is InChI=1S/C31H39N5O6/c1-4-21(2)28(34-31(41)42-3)29(38)35-36(19-23-13-15-24(16-14-23)25-12-8-9-17-32-25)20-27(37)26(33-30(39)40)18-22-10-6-5-7-11-22/h5-17,21,26-28,33,37H,4,18-20H2,1-3H3,(H,34,41)(H,35,38)(H,39,40)/t21-,26-,27-,28-/m0/s1. The molecule has 4 atom stereocenters. The number of methoxy groups -OCH3 is 1. The van der Waals surface area contributed by atoms with E-state index in [1.165, 1.54) is 12.1 Å². The number of carbonyl (C=O) groups is 3. The van der Waals surface area contributed by atoms with Gasteiger partial charge >= 0.3 is 12.2 Å². The lowest BCUT2D eigenvalue weighted by Crippen LogP contribution is -2.57. The average Bonchev–Trinajstić information content (AvgIpc) is 3.00. The van der Waals surface area contributed by atoms with E-state index in [0.29, 0.717) is 6.42 Å². The van der Waals surface area contributed by atoms with Crippen molar-refractivity contribution in [1.29, 1.82) is 0 Å². The van der Waals surface area contributed by atoms with Crippen molar-refractivity contribution in [2.45, 2.75) is 51.4 Å². The number of ether oxygens (including phenoxy) is 1. The van der Waals surface area contributed by atoms with Crippen LogP contribution < -0.4 is 16.1 Å². The second-order valence-corrected chi connectivity index (χ2v) is 10.1. The van der Waals surface area contributed by atoms with E-state index in [4.69, 9.17) is 4.74 Å². The van der Waals surface area contributed by atoms with Crippen molar-refractivity contribution in [1.82, 2.24) is 26.1 Å². The van der Waals surface area contributed by atoms with Gasteiger partial charge in [0.15, 0.2) is 0 Å². The molecule has 11 heteroatoms. The Labute approximate surface area is 245 Å². The molecule has 224 valence electrons. The zero-order valence-corrected chi connectivity index (χ0v) is 24.1. The maximum absolute atomic E-state index is 13.4. The number of nitrogens with zero attached hydrogens (tertiary/aromatic N) is 2. The SMILES string of the molecule is CC[C@H](C)[C@H](NC(=O)OC)C(=O)NN(Cc1ccc(-c2ccccn2)cc1)C[C@H](O)[C@H](Cc1ccccc1)NC(=O)O. The van der Waals surface area contributed by atoms with Crippen molar-refractivity contribution >= 4 is 18.1 Å². The summed E-state index contributed by atoms with van der Waals surface area (Å²) in [6.45, 7) is 3.83. The second kappa shape index (κ2) is 16.1. The monoisotopic (exact) mass is 577 g/mol. The van der Waals surface area contributed by atoms with E-state index >= 15 is 0 Å². The highest BCUT2D eigenvalue weighted by Crippen LogP contribution is 2.18. The number of aliphatic hydroxyl groups excluding tert-OH is 1. The molecule has 5 N–H and O–H groups in total. The molecule has 0 unspecified atom stereocenters. The summed E-state index contributed by atoms with van der Waals surface area (Å²) in [5.74, 6) is -0.703. The molecular formula is C31H39N5O6. The lowest BCUT2D eigenvalue weighted by atomic mass is 9.98. The van der Waals surface area contributed by atoms with E-state index in [1.807, 2.05) is 86.6 Å². The molecule has 2 aromatic carbocycles. The van der Waals surface area contributed by atoms with Crippen LogP contribution in [0.1, 0.15) is 31.4 Å². The largest absolute Gasteiger partial charge is 0.465 e. The summed E-state index contributed by atoms with van der Waals surface area (Å²) in [5.41, 5.74) is 6.24. The Morgan fingerprint density at radius 1 is 0.952 bits per heavy atom. The lowest BCUT2D eigenvalue weighted by molar-refractivity contribution is -0.130. The number of alkyl carbamates (subject to hydrolysis) is 1. The molecule has 0 saturated heterocycles. The van der Waals surface area contributed by atoms with Gasteiger partial charge in [-0.15, -0.1) is 0 Å². The number of carboxylic acid groups (broad SMARTS) is 1. The zero-order valence-electron chi connectivity index (χ0n) is 24.1. The first-order chi connectivity index (χ1) is 20.2. The van der Waals surface area contributed by atoms with Crippen LogP contribution in [0, 0.1) is 5.92 Å². The van der Waals surface area contributed by atoms with Gasteiger partial charge in [-0.3, -0.25) is 15.2 Å². The van der Waals surface area contributed by atoms with Gasteiger partial charge in [0.25, 0.3) is 5.91 Å². The molecule has 0 saturated carbocycles. The fourth-order valence-electron chi connectivity index (χ4n) is 4.46. The van der Waals surface area contributed by atoms with Gasteiger partial charge in [-0.1, -0.05) is 80.9 Å². The molecule has 0 fully saturated rings. The number of aliphatic hydroxyl groups is 1. The molecule has 0 radical (unpaired) electrons. The number of rotatable bonds is 14. The lowest BCUT2D eigenvalue weighted by Gasteiger charge is -2.32. The van der Waals surface area contributed by atoms with Gasteiger partial charge in [0.1, 0.15) is 6.04 Å². The first kappa shape index (κ1) is 32.0. The van der Waals surface area contributed by atoms with Crippen LogP contribution in [0.25, 0.3) is 11.3 Å². The van der Waals surface area contributed by atoms with Gasteiger partial charge in [0, 0.05) is 24.8 Å². The Balaban J connectivity index is 1.84. The van der Waals surface area contributed by atoms with Crippen LogP contribution in [0.5, 0.6) is 0 Å². The number of amides is 3. The van der Waals surface area contributed by atoms with Crippen LogP contribution in [-0.2, 0) is 22.5 Å². The summed E-state index contributed by atoms with van der Waals surface area (Å²) in [5, 5.41) is 27.2. The molecular weight excluding hydrogens is 538 g/mol. The highest BCUT2D eigenvalue weighted by Gasteiger charge is 2.30. The normalized spacial score (nSPS) is 13.8.